The molecule has 0 aliphatic rings. The van der Waals surface area contributed by atoms with Gasteiger partial charge >= 0.3 is 6.09 Å². The van der Waals surface area contributed by atoms with Crippen molar-refractivity contribution in [3.8, 4) is 0 Å². The van der Waals surface area contributed by atoms with Crippen molar-refractivity contribution < 1.29 is 14.6 Å². The number of aryl methyl sites for hydroxylation is 1. The lowest BCUT2D eigenvalue weighted by atomic mass is 9.99. The fourth-order valence-corrected chi connectivity index (χ4v) is 1.54. The molecule has 0 bridgehead atoms. The standard InChI is InChI=1S/C11H15NO3/c1-8-6-4-5-7-9(8)11(2,15-3)12-10(13)14/h4-7,12H,1-3H3,(H,13,14). The lowest BCUT2D eigenvalue weighted by Crippen LogP contribution is -2.44. The molecule has 1 amide bonds. The minimum Gasteiger partial charge on any atom is -0.465 e. The number of hydrogen-bond acceptors (Lipinski definition) is 2. The maximum Gasteiger partial charge on any atom is 0.407 e. The summed E-state index contributed by atoms with van der Waals surface area (Å²) >= 11 is 0. The van der Waals surface area contributed by atoms with Gasteiger partial charge < -0.3 is 9.84 Å². The number of ether oxygens (including phenoxy) is 1. The van der Waals surface area contributed by atoms with Crippen LogP contribution in [0, 0.1) is 6.92 Å². The topological polar surface area (TPSA) is 58.6 Å². The molecular formula is C11H15NO3. The number of methoxy groups -OCH3 is 1. The zero-order valence-electron chi connectivity index (χ0n) is 9.07. The van der Waals surface area contributed by atoms with Crippen molar-refractivity contribution in [1.29, 1.82) is 0 Å². The molecule has 0 radical (unpaired) electrons. The molecule has 1 aromatic carbocycles. The van der Waals surface area contributed by atoms with E-state index >= 15 is 0 Å². The third kappa shape index (κ3) is 2.47. The Labute approximate surface area is 88.9 Å². The van der Waals surface area contributed by atoms with Crippen LogP contribution in [0.3, 0.4) is 0 Å². The first-order valence-electron chi connectivity index (χ1n) is 4.62. The zero-order valence-corrected chi connectivity index (χ0v) is 9.07. The van der Waals surface area contributed by atoms with Gasteiger partial charge in [-0.2, -0.15) is 0 Å². The summed E-state index contributed by atoms with van der Waals surface area (Å²) in [7, 11) is 1.47. The Morgan fingerprint density at radius 1 is 1.47 bits per heavy atom. The molecule has 0 saturated carbocycles. The number of hydrogen-bond donors (Lipinski definition) is 2. The van der Waals surface area contributed by atoms with E-state index in [1.54, 1.807) is 6.92 Å². The fourth-order valence-electron chi connectivity index (χ4n) is 1.54. The van der Waals surface area contributed by atoms with Crippen molar-refractivity contribution in [3.05, 3.63) is 35.4 Å². The van der Waals surface area contributed by atoms with E-state index in [4.69, 9.17) is 9.84 Å². The van der Waals surface area contributed by atoms with E-state index in [2.05, 4.69) is 5.32 Å². The monoisotopic (exact) mass is 209 g/mol. The van der Waals surface area contributed by atoms with Gasteiger partial charge in [-0.15, -0.1) is 0 Å². The van der Waals surface area contributed by atoms with E-state index in [1.807, 2.05) is 31.2 Å². The van der Waals surface area contributed by atoms with Gasteiger partial charge in [0, 0.05) is 12.7 Å². The first-order chi connectivity index (χ1) is 6.99. The Morgan fingerprint density at radius 2 is 2.07 bits per heavy atom. The predicted octanol–water partition coefficient (Wildman–Crippen LogP) is 2.08. The molecule has 0 aliphatic heterocycles. The van der Waals surface area contributed by atoms with Crippen molar-refractivity contribution in [1.82, 2.24) is 5.32 Å². The van der Waals surface area contributed by atoms with Crippen LogP contribution in [0.2, 0.25) is 0 Å². The van der Waals surface area contributed by atoms with Crippen LogP contribution in [0.1, 0.15) is 18.1 Å². The summed E-state index contributed by atoms with van der Waals surface area (Å²) in [5, 5.41) is 11.1. The molecule has 0 saturated heterocycles. The fraction of sp³-hybridized carbons (Fsp3) is 0.364. The van der Waals surface area contributed by atoms with Crippen LogP contribution in [0.15, 0.2) is 24.3 Å². The minimum absolute atomic E-state index is 0.815. The average molecular weight is 209 g/mol. The second kappa shape index (κ2) is 4.31. The molecule has 1 unspecified atom stereocenters. The zero-order chi connectivity index (χ0) is 11.5. The van der Waals surface area contributed by atoms with Crippen molar-refractivity contribution in [3.63, 3.8) is 0 Å². The highest BCUT2D eigenvalue weighted by atomic mass is 16.5. The van der Waals surface area contributed by atoms with Crippen molar-refractivity contribution in [2.24, 2.45) is 0 Å². The van der Waals surface area contributed by atoms with Gasteiger partial charge in [-0.1, -0.05) is 24.3 Å². The third-order valence-corrected chi connectivity index (χ3v) is 2.41. The second-order valence-electron chi connectivity index (χ2n) is 3.48. The van der Waals surface area contributed by atoms with Gasteiger partial charge in [0.1, 0.15) is 0 Å². The van der Waals surface area contributed by atoms with Crippen LogP contribution in [0.4, 0.5) is 4.79 Å². The number of rotatable bonds is 3. The van der Waals surface area contributed by atoms with Crippen molar-refractivity contribution in [2.75, 3.05) is 7.11 Å². The highest BCUT2D eigenvalue weighted by Crippen LogP contribution is 2.24. The molecule has 1 aromatic rings. The molecule has 0 spiro atoms. The summed E-state index contributed by atoms with van der Waals surface area (Å²) in [6.45, 7) is 3.60. The largest absolute Gasteiger partial charge is 0.465 e. The molecule has 0 fully saturated rings. The molecule has 1 rings (SSSR count). The molecule has 1 atom stereocenters. The Kier molecular flexibility index (Phi) is 3.31. The van der Waals surface area contributed by atoms with Gasteiger partial charge in [0.2, 0.25) is 0 Å². The molecular weight excluding hydrogens is 194 g/mol. The van der Waals surface area contributed by atoms with Gasteiger partial charge in [0.25, 0.3) is 0 Å². The molecule has 2 N–H and O–H groups in total. The van der Waals surface area contributed by atoms with Gasteiger partial charge in [0.15, 0.2) is 5.72 Å². The highest BCUT2D eigenvalue weighted by Gasteiger charge is 2.29. The van der Waals surface area contributed by atoms with E-state index in [1.165, 1.54) is 7.11 Å². The maximum atomic E-state index is 10.7. The average Bonchev–Trinajstić information content (AvgIpc) is 2.17. The molecule has 0 aliphatic carbocycles. The smallest absolute Gasteiger partial charge is 0.407 e. The lowest BCUT2D eigenvalue weighted by Gasteiger charge is -2.29. The van der Waals surface area contributed by atoms with Crippen LogP contribution >= 0.6 is 0 Å². The molecule has 82 valence electrons. The number of carboxylic acid groups (broad SMARTS) is 1. The Hall–Kier alpha value is -1.55. The summed E-state index contributed by atoms with van der Waals surface area (Å²) in [6, 6.07) is 7.50. The SMILES string of the molecule is COC(C)(NC(=O)O)c1ccccc1C. The third-order valence-electron chi connectivity index (χ3n) is 2.41. The summed E-state index contributed by atoms with van der Waals surface area (Å²) < 4.78 is 5.22. The number of carbonyl (C=O) groups is 1. The first-order valence-corrected chi connectivity index (χ1v) is 4.62. The van der Waals surface area contributed by atoms with Crippen molar-refractivity contribution >= 4 is 6.09 Å². The van der Waals surface area contributed by atoms with E-state index in [-0.39, 0.29) is 0 Å². The summed E-state index contributed by atoms with van der Waals surface area (Å²) in [5.74, 6) is 0. The second-order valence-corrected chi connectivity index (χ2v) is 3.48. The van der Waals surface area contributed by atoms with E-state index in [0.717, 1.165) is 11.1 Å². The normalized spacial score (nSPS) is 14.3. The summed E-state index contributed by atoms with van der Waals surface area (Å²) in [5.41, 5.74) is 0.794. The lowest BCUT2D eigenvalue weighted by molar-refractivity contribution is -0.0238. The predicted molar refractivity (Wildman–Crippen MR) is 56.7 cm³/mol. The van der Waals surface area contributed by atoms with Gasteiger partial charge in [0.05, 0.1) is 0 Å². The maximum absolute atomic E-state index is 10.7. The Balaban J connectivity index is 3.11. The van der Waals surface area contributed by atoms with Crippen LogP contribution in [0.25, 0.3) is 0 Å². The summed E-state index contributed by atoms with van der Waals surface area (Å²) in [4.78, 5) is 10.7. The van der Waals surface area contributed by atoms with Gasteiger partial charge in [-0.05, 0) is 19.4 Å². The van der Waals surface area contributed by atoms with Crippen LogP contribution in [0.5, 0.6) is 0 Å². The number of amides is 1. The van der Waals surface area contributed by atoms with Crippen LogP contribution in [-0.2, 0) is 10.5 Å². The number of benzene rings is 1. The molecule has 0 aromatic heterocycles. The van der Waals surface area contributed by atoms with E-state index in [0.29, 0.717) is 0 Å². The summed E-state index contributed by atoms with van der Waals surface area (Å²) in [6.07, 6.45) is -1.11. The Morgan fingerprint density at radius 3 is 2.53 bits per heavy atom. The highest BCUT2D eigenvalue weighted by molar-refractivity contribution is 5.65. The molecule has 15 heavy (non-hydrogen) atoms. The Bertz CT molecular complexity index is 365. The molecule has 4 heteroatoms. The molecule has 4 nitrogen and oxygen atoms in total. The number of nitrogens with one attached hydrogen (secondary N) is 1. The van der Waals surface area contributed by atoms with E-state index < -0.39 is 11.8 Å². The molecule has 0 heterocycles. The first kappa shape index (κ1) is 11.5. The van der Waals surface area contributed by atoms with Crippen LogP contribution < -0.4 is 5.32 Å². The van der Waals surface area contributed by atoms with Crippen molar-refractivity contribution in [2.45, 2.75) is 19.6 Å². The van der Waals surface area contributed by atoms with Crippen LogP contribution in [-0.4, -0.2) is 18.3 Å². The van der Waals surface area contributed by atoms with Gasteiger partial charge in [-0.3, -0.25) is 5.32 Å². The van der Waals surface area contributed by atoms with Gasteiger partial charge in [-0.25, -0.2) is 4.79 Å². The quantitative estimate of drug-likeness (QED) is 0.749. The minimum atomic E-state index is -1.11. The van der Waals surface area contributed by atoms with E-state index in [9.17, 15) is 4.79 Å².